The molecule has 166 valence electrons. The fraction of sp³-hybridized carbons (Fsp3) is 0.0769. The van der Waals surface area contributed by atoms with Crippen molar-refractivity contribution in [2.24, 2.45) is 4.99 Å². The molecule has 3 heterocycles. The van der Waals surface area contributed by atoms with Crippen LogP contribution in [0, 0.1) is 0 Å². The summed E-state index contributed by atoms with van der Waals surface area (Å²) in [6.07, 6.45) is 5.15. The highest BCUT2D eigenvalue weighted by molar-refractivity contribution is 7.99. The van der Waals surface area contributed by atoms with Gasteiger partial charge in [-0.3, -0.25) is 4.99 Å². The van der Waals surface area contributed by atoms with Crippen LogP contribution in [0.25, 0.3) is 28.5 Å². The third-order valence-corrected chi connectivity index (χ3v) is 7.11. The van der Waals surface area contributed by atoms with E-state index < -0.39 is 0 Å². The molecule has 2 aromatic heterocycles. The molecule has 0 amide bonds. The van der Waals surface area contributed by atoms with E-state index in [-0.39, 0.29) is 6.17 Å². The quantitative estimate of drug-likeness (QED) is 0.291. The Bertz CT molecular complexity index is 1600. The number of hydrogen-bond acceptors (Lipinski definition) is 6. The van der Waals surface area contributed by atoms with Crippen LogP contribution in [0.4, 0.5) is 5.69 Å². The van der Waals surface area contributed by atoms with Gasteiger partial charge in [0, 0.05) is 22.7 Å². The van der Waals surface area contributed by atoms with Crippen LogP contribution < -0.4 is 15.5 Å². The fourth-order valence-electron chi connectivity index (χ4n) is 4.13. The van der Waals surface area contributed by atoms with Gasteiger partial charge < -0.3 is 9.88 Å². The molecule has 0 radical (unpaired) electrons. The Kier molecular flexibility index (Phi) is 5.49. The Hall–Kier alpha value is -3.68. The zero-order chi connectivity index (χ0) is 22.9. The van der Waals surface area contributed by atoms with Gasteiger partial charge in [0.2, 0.25) is 0 Å². The zero-order valence-corrected chi connectivity index (χ0v) is 19.5. The topological polar surface area (TPSA) is 70.1 Å². The second-order valence-electron chi connectivity index (χ2n) is 7.79. The minimum Gasteiger partial charge on any atom is -0.341 e. The van der Waals surface area contributed by atoms with Gasteiger partial charge in [0.1, 0.15) is 23.0 Å². The standard InChI is InChI=1S/C26H19ClN6S/c27-20-10-6-11-21-19(20)13-33(22-12-5-4-9-18(22)17-7-2-1-3-8-17)23(32-21)14-34-26-24-25(29-15-28-24)30-16-31-26/h1-13,15-16,23H,14H2,(H,28,29,30,31). The molecule has 1 N–H and O–H groups in total. The van der Waals surface area contributed by atoms with Crippen LogP contribution in [0.5, 0.6) is 0 Å². The molecule has 5 aromatic rings. The van der Waals surface area contributed by atoms with Gasteiger partial charge in [-0.25, -0.2) is 15.0 Å². The summed E-state index contributed by atoms with van der Waals surface area (Å²) < 4.78 is 0. The Labute approximate surface area is 205 Å². The van der Waals surface area contributed by atoms with E-state index in [0.29, 0.717) is 16.4 Å². The number of hydrogen-bond donors (Lipinski definition) is 1. The van der Waals surface area contributed by atoms with Gasteiger partial charge in [0.05, 0.1) is 22.4 Å². The van der Waals surface area contributed by atoms with Crippen molar-refractivity contribution in [3.63, 3.8) is 0 Å². The largest absolute Gasteiger partial charge is 0.341 e. The minimum absolute atomic E-state index is 0.159. The number of anilines is 1. The smallest absolute Gasteiger partial charge is 0.181 e. The highest BCUT2D eigenvalue weighted by Crippen LogP contribution is 2.34. The molecule has 0 saturated carbocycles. The molecular weight excluding hydrogens is 464 g/mol. The number of fused-ring (bicyclic) bond motifs is 2. The molecule has 0 aliphatic carbocycles. The SMILES string of the molecule is Clc1cccc2c1=CN(c1ccccc1-c1ccccc1)C(CSc1ncnc3nc[nH]c13)N=2. The molecule has 1 unspecified atom stereocenters. The second kappa shape index (κ2) is 8.93. The molecule has 3 aromatic carbocycles. The summed E-state index contributed by atoms with van der Waals surface area (Å²) in [5, 5.41) is 3.35. The van der Waals surface area contributed by atoms with E-state index in [9.17, 15) is 0 Å². The van der Waals surface area contributed by atoms with E-state index >= 15 is 0 Å². The number of thioether (sulfide) groups is 1. The maximum absolute atomic E-state index is 6.57. The van der Waals surface area contributed by atoms with Crippen molar-refractivity contribution in [3.05, 3.63) is 101 Å². The lowest BCUT2D eigenvalue weighted by molar-refractivity contribution is 0.739. The summed E-state index contributed by atoms with van der Waals surface area (Å²) in [5.74, 6) is 0.677. The number of H-pyrrole nitrogens is 1. The van der Waals surface area contributed by atoms with Gasteiger partial charge in [-0.2, -0.15) is 0 Å². The van der Waals surface area contributed by atoms with Crippen LogP contribution in [-0.2, 0) is 0 Å². The second-order valence-corrected chi connectivity index (χ2v) is 9.21. The molecule has 1 atom stereocenters. The number of nitrogens with zero attached hydrogens (tertiary/aromatic N) is 5. The van der Waals surface area contributed by atoms with E-state index in [4.69, 9.17) is 16.6 Å². The van der Waals surface area contributed by atoms with E-state index in [0.717, 1.165) is 37.9 Å². The Morgan fingerprint density at radius 2 is 1.76 bits per heavy atom. The summed E-state index contributed by atoms with van der Waals surface area (Å²) in [6.45, 7) is 0. The summed E-state index contributed by atoms with van der Waals surface area (Å²) >= 11 is 8.20. The molecule has 1 aliphatic heterocycles. The Balaban J connectivity index is 1.44. The number of imidazole rings is 1. The maximum atomic E-state index is 6.57. The van der Waals surface area contributed by atoms with E-state index in [1.165, 1.54) is 0 Å². The molecule has 0 bridgehead atoms. The molecule has 8 heteroatoms. The molecule has 0 spiro atoms. The van der Waals surface area contributed by atoms with Crippen LogP contribution in [-0.4, -0.2) is 31.9 Å². The fourth-order valence-corrected chi connectivity index (χ4v) is 5.30. The predicted octanol–water partition coefficient (Wildman–Crippen LogP) is 4.67. The predicted molar refractivity (Wildman–Crippen MR) is 137 cm³/mol. The number of benzene rings is 3. The molecule has 6 nitrogen and oxygen atoms in total. The molecule has 1 aliphatic rings. The maximum Gasteiger partial charge on any atom is 0.181 e. The van der Waals surface area contributed by atoms with Gasteiger partial charge in [0.15, 0.2) is 5.65 Å². The molecular formula is C26H19ClN6S. The first kappa shape index (κ1) is 20.9. The van der Waals surface area contributed by atoms with Crippen LogP contribution in [0.15, 0.2) is 95.5 Å². The van der Waals surface area contributed by atoms with Gasteiger partial charge >= 0.3 is 0 Å². The third-order valence-electron chi connectivity index (χ3n) is 5.73. The first-order valence-electron chi connectivity index (χ1n) is 10.8. The van der Waals surface area contributed by atoms with E-state index in [1.54, 1.807) is 24.4 Å². The monoisotopic (exact) mass is 482 g/mol. The normalized spacial score (nSPS) is 15.0. The first-order chi connectivity index (χ1) is 16.8. The van der Waals surface area contributed by atoms with Crippen LogP contribution in [0.2, 0.25) is 5.02 Å². The molecule has 0 fully saturated rings. The highest BCUT2D eigenvalue weighted by Gasteiger charge is 2.23. The van der Waals surface area contributed by atoms with Crippen LogP contribution in [0.1, 0.15) is 0 Å². The van der Waals surface area contributed by atoms with E-state index in [2.05, 4.69) is 79.6 Å². The zero-order valence-electron chi connectivity index (χ0n) is 18.0. The first-order valence-corrected chi connectivity index (χ1v) is 12.2. The number of aromatic amines is 1. The van der Waals surface area contributed by atoms with Gasteiger partial charge in [-0.1, -0.05) is 78.0 Å². The lowest BCUT2D eigenvalue weighted by Gasteiger charge is -2.31. The van der Waals surface area contributed by atoms with Crippen molar-refractivity contribution < 1.29 is 0 Å². The van der Waals surface area contributed by atoms with Crippen molar-refractivity contribution in [2.45, 2.75) is 11.2 Å². The summed E-state index contributed by atoms with van der Waals surface area (Å²) in [7, 11) is 0. The van der Waals surface area contributed by atoms with Crippen molar-refractivity contribution in [2.75, 3.05) is 10.7 Å². The van der Waals surface area contributed by atoms with Crippen molar-refractivity contribution in [1.82, 2.24) is 19.9 Å². The average molecular weight is 483 g/mol. The number of halogens is 1. The minimum atomic E-state index is -0.159. The Morgan fingerprint density at radius 3 is 2.68 bits per heavy atom. The van der Waals surface area contributed by atoms with Gasteiger partial charge in [-0.15, -0.1) is 0 Å². The van der Waals surface area contributed by atoms with Crippen LogP contribution >= 0.6 is 23.4 Å². The Morgan fingerprint density at radius 1 is 0.912 bits per heavy atom. The van der Waals surface area contributed by atoms with Crippen LogP contribution in [0.3, 0.4) is 0 Å². The summed E-state index contributed by atoms with van der Waals surface area (Å²) in [4.78, 5) is 23.4. The summed E-state index contributed by atoms with van der Waals surface area (Å²) in [5.41, 5.74) is 4.86. The number of rotatable bonds is 5. The van der Waals surface area contributed by atoms with Crippen molar-refractivity contribution >= 4 is 46.4 Å². The van der Waals surface area contributed by atoms with Crippen molar-refractivity contribution in [1.29, 1.82) is 0 Å². The summed E-state index contributed by atoms with van der Waals surface area (Å²) in [6, 6.07) is 24.6. The number of nitrogens with one attached hydrogen (secondary N) is 1. The average Bonchev–Trinajstić information content (AvgIpc) is 3.37. The molecule has 34 heavy (non-hydrogen) atoms. The van der Waals surface area contributed by atoms with Gasteiger partial charge in [0.25, 0.3) is 0 Å². The number of para-hydroxylation sites is 1. The lowest BCUT2D eigenvalue weighted by atomic mass is 10.0. The lowest BCUT2D eigenvalue weighted by Crippen LogP contribution is -2.43. The molecule has 0 saturated heterocycles. The van der Waals surface area contributed by atoms with Gasteiger partial charge in [-0.05, 0) is 23.8 Å². The third kappa shape index (κ3) is 3.83. The molecule has 6 rings (SSSR count). The number of aromatic nitrogens is 4. The van der Waals surface area contributed by atoms with E-state index in [1.807, 2.05) is 24.3 Å². The highest BCUT2D eigenvalue weighted by atomic mass is 35.5. The van der Waals surface area contributed by atoms with Crippen molar-refractivity contribution in [3.8, 4) is 11.1 Å².